The molecule has 1 fully saturated rings. The quantitative estimate of drug-likeness (QED) is 0.0641. The van der Waals surface area contributed by atoms with Gasteiger partial charge in [-0.05, 0) is 121 Å². The van der Waals surface area contributed by atoms with Gasteiger partial charge in [-0.3, -0.25) is 0 Å². The first-order valence-electron chi connectivity index (χ1n) is 19.3. The zero-order chi connectivity index (χ0) is 38.2. The highest BCUT2D eigenvalue weighted by molar-refractivity contribution is 5.81. The number of ether oxygens (including phenoxy) is 3. The molecule has 1 aliphatic rings. The molecule has 3 aromatic rings. The Balaban J connectivity index is 1.68. The van der Waals surface area contributed by atoms with Gasteiger partial charge >= 0.3 is 11.9 Å². The van der Waals surface area contributed by atoms with E-state index in [-0.39, 0.29) is 38.9 Å². The van der Waals surface area contributed by atoms with Gasteiger partial charge in [0.1, 0.15) is 11.6 Å². The number of hydrogen-bond donors (Lipinski definition) is 2. The highest BCUT2D eigenvalue weighted by atomic mass is 19.1. The van der Waals surface area contributed by atoms with Crippen molar-refractivity contribution in [3.05, 3.63) is 102 Å². The fourth-order valence-corrected chi connectivity index (χ4v) is 7.49. The van der Waals surface area contributed by atoms with Crippen LogP contribution in [-0.2, 0) is 38.3 Å². The Morgan fingerprint density at radius 2 is 1.43 bits per heavy atom. The van der Waals surface area contributed by atoms with E-state index < -0.39 is 17.9 Å². The molecule has 0 radical (unpaired) electrons. The van der Waals surface area contributed by atoms with E-state index in [1.807, 2.05) is 30.3 Å². The van der Waals surface area contributed by atoms with E-state index in [0.717, 1.165) is 69.9 Å². The predicted octanol–water partition coefficient (Wildman–Crippen LogP) is 9.10. The van der Waals surface area contributed by atoms with Gasteiger partial charge in [0.05, 0.1) is 33.0 Å². The molecule has 0 aromatic heterocycles. The third kappa shape index (κ3) is 11.6. The minimum absolute atomic E-state index is 0.103. The topological polar surface area (TPSA) is 102 Å². The first-order chi connectivity index (χ1) is 25.8. The number of benzene rings is 3. The van der Waals surface area contributed by atoms with Crippen molar-refractivity contribution in [2.45, 2.75) is 90.4 Å². The third-order valence-corrected chi connectivity index (χ3v) is 10.4. The van der Waals surface area contributed by atoms with Crippen molar-refractivity contribution in [3.8, 4) is 28.0 Å². The van der Waals surface area contributed by atoms with E-state index >= 15 is 4.39 Å². The molecular weight excluding hydrogens is 671 g/mol. The lowest BCUT2D eigenvalue weighted by Crippen LogP contribution is -2.21. The smallest absolute Gasteiger partial charge is 0.330 e. The van der Waals surface area contributed by atoms with Crippen LogP contribution in [0.2, 0.25) is 0 Å². The fraction of sp³-hybridized carbons (Fsp3) is 0.467. The minimum Gasteiger partial charge on any atom is -0.493 e. The summed E-state index contributed by atoms with van der Waals surface area (Å²) in [5, 5.41) is 19.6. The highest BCUT2D eigenvalue weighted by Crippen LogP contribution is 2.41. The van der Waals surface area contributed by atoms with Crippen LogP contribution in [0.4, 0.5) is 4.39 Å². The van der Waals surface area contributed by atoms with Crippen LogP contribution in [0, 0.1) is 17.7 Å². The minimum atomic E-state index is -0.493. The molecule has 0 heterocycles. The maximum Gasteiger partial charge on any atom is 0.330 e. The van der Waals surface area contributed by atoms with Gasteiger partial charge in [0, 0.05) is 23.6 Å². The second-order valence-corrected chi connectivity index (χ2v) is 14.0. The van der Waals surface area contributed by atoms with Crippen molar-refractivity contribution in [2.75, 3.05) is 33.0 Å². The molecule has 0 saturated heterocycles. The van der Waals surface area contributed by atoms with Crippen molar-refractivity contribution in [1.29, 1.82) is 0 Å². The molecule has 0 atom stereocenters. The number of carbonyl (C=O) groups excluding carboxylic acids is 2. The number of halogens is 1. The Hall–Kier alpha value is -4.27. The average molecular weight is 729 g/mol. The Morgan fingerprint density at radius 1 is 0.830 bits per heavy atom. The van der Waals surface area contributed by atoms with Gasteiger partial charge < -0.3 is 24.4 Å². The van der Waals surface area contributed by atoms with Crippen LogP contribution in [-0.4, -0.2) is 55.2 Å². The van der Waals surface area contributed by atoms with E-state index in [2.05, 4.69) is 39.1 Å². The van der Waals surface area contributed by atoms with Crippen LogP contribution in [0.1, 0.15) is 93.4 Å². The summed E-state index contributed by atoms with van der Waals surface area (Å²) in [7, 11) is 0. The second-order valence-electron chi connectivity index (χ2n) is 14.0. The first-order valence-corrected chi connectivity index (χ1v) is 19.3. The third-order valence-electron chi connectivity index (χ3n) is 10.4. The Kier molecular flexibility index (Phi) is 16.8. The predicted molar refractivity (Wildman–Crippen MR) is 208 cm³/mol. The number of esters is 2. The van der Waals surface area contributed by atoms with Crippen LogP contribution >= 0.6 is 0 Å². The summed E-state index contributed by atoms with van der Waals surface area (Å²) in [5.74, 6) is 0.216. The molecule has 53 heavy (non-hydrogen) atoms. The lowest BCUT2D eigenvalue weighted by Gasteiger charge is -2.28. The monoisotopic (exact) mass is 728 g/mol. The second kappa shape index (κ2) is 21.4. The summed E-state index contributed by atoms with van der Waals surface area (Å²) in [6.45, 7) is 11.3. The van der Waals surface area contributed by atoms with Gasteiger partial charge in [-0.1, -0.05) is 76.2 Å². The maximum atomic E-state index is 15.7. The SMILES string of the molecule is C=CC(=O)OCCCc1cc(-c2ccc(-c3ccc(C4CCC(CCC)CC4)cc3F)cc2)c(CC)c(CCCOC(=O)C=C)c1OCC(CO)CO. The standard InChI is InChI=1S/C45H57FO7/c1-5-11-31-14-16-33(17-15-31)36-22-23-39(42(46)27-36)34-18-20-35(21-19-34)41-26-37(12-9-24-51-43(49)7-3)45(53-30-32(28-47)29-48)40(38(41)6-2)13-10-25-52-44(50)8-4/h7-8,18-23,26-27,31-33,47-48H,3-6,9-17,24-25,28-30H2,1-2H3. The average Bonchev–Trinajstić information content (AvgIpc) is 3.18. The van der Waals surface area contributed by atoms with E-state index in [4.69, 9.17) is 14.2 Å². The van der Waals surface area contributed by atoms with Crippen molar-refractivity contribution >= 4 is 11.9 Å². The molecule has 0 amide bonds. The summed E-state index contributed by atoms with van der Waals surface area (Å²) in [6, 6.07) is 15.8. The summed E-state index contributed by atoms with van der Waals surface area (Å²) in [4.78, 5) is 23.5. The molecule has 7 nitrogen and oxygen atoms in total. The Bertz CT molecular complexity index is 1650. The molecule has 8 heteroatoms. The van der Waals surface area contributed by atoms with E-state index in [9.17, 15) is 19.8 Å². The number of aliphatic hydroxyl groups is 2. The van der Waals surface area contributed by atoms with E-state index in [1.54, 1.807) is 6.07 Å². The zero-order valence-electron chi connectivity index (χ0n) is 31.5. The molecule has 1 saturated carbocycles. The van der Waals surface area contributed by atoms with Gasteiger partial charge in [0.15, 0.2) is 0 Å². The van der Waals surface area contributed by atoms with Crippen LogP contribution in [0.5, 0.6) is 5.75 Å². The number of aryl methyl sites for hydroxylation is 1. The van der Waals surface area contributed by atoms with Crippen LogP contribution < -0.4 is 4.74 Å². The number of rotatable bonds is 21. The normalized spacial score (nSPS) is 15.6. The molecule has 0 bridgehead atoms. The molecule has 2 N–H and O–H groups in total. The van der Waals surface area contributed by atoms with Crippen molar-refractivity contribution in [1.82, 2.24) is 0 Å². The summed E-state index contributed by atoms with van der Waals surface area (Å²) in [5.41, 5.74) is 7.31. The first kappa shape index (κ1) is 41.5. The molecule has 0 spiro atoms. The number of carbonyl (C=O) groups is 2. The maximum absolute atomic E-state index is 15.7. The van der Waals surface area contributed by atoms with E-state index in [1.165, 1.54) is 25.7 Å². The molecule has 0 unspecified atom stereocenters. The summed E-state index contributed by atoms with van der Waals surface area (Å²) < 4.78 is 32.6. The molecule has 3 aromatic carbocycles. The van der Waals surface area contributed by atoms with Gasteiger partial charge in [-0.2, -0.15) is 0 Å². The Labute approximate surface area is 314 Å². The van der Waals surface area contributed by atoms with Crippen LogP contribution in [0.25, 0.3) is 22.3 Å². The van der Waals surface area contributed by atoms with Gasteiger partial charge in [-0.15, -0.1) is 0 Å². The van der Waals surface area contributed by atoms with Gasteiger partial charge in [-0.25, -0.2) is 14.0 Å². The van der Waals surface area contributed by atoms with Gasteiger partial charge in [0.25, 0.3) is 0 Å². The lowest BCUT2D eigenvalue weighted by atomic mass is 9.77. The number of hydrogen-bond acceptors (Lipinski definition) is 7. The molecular formula is C45H57FO7. The molecule has 1 aliphatic carbocycles. The van der Waals surface area contributed by atoms with Crippen LogP contribution in [0.15, 0.2) is 73.8 Å². The van der Waals surface area contributed by atoms with Crippen molar-refractivity contribution < 1.29 is 38.4 Å². The molecule has 286 valence electrons. The van der Waals surface area contributed by atoms with Crippen LogP contribution in [0.3, 0.4) is 0 Å². The summed E-state index contributed by atoms with van der Waals surface area (Å²) in [6.07, 6.45) is 12.2. The largest absolute Gasteiger partial charge is 0.493 e. The van der Waals surface area contributed by atoms with Gasteiger partial charge in [0.2, 0.25) is 0 Å². The molecule has 0 aliphatic heterocycles. The summed E-state index contributed by atoms with van der Waals surface area (Å²) >= 11 is 0. The zero-order valence-corrected chi connectivity index (χ0v) is 31.5. The van der Waals surface area contributed by atoms with E-state index in [0.29, 0.717) is 49.3 Å². The molecule has 4 rings (SSSR count). The fourth-order valence-electron chi connectivity index (χ4n) is 7.49. The van der Waals surface area contributed by atoms with Crippen molar-refractivity contribution in [3.63, 3.8) is 0 Å². The van der Waals surface area contributed by atoms with Crippen molar-refractivity contribution in [2.24, 2.45) is 11.8 Å². The Morgan fingerprint density at radius 3 is 1.98 bits per heavy atom. The lowest BCUT2D eigenvalue weighted by molar-refractivity contribution is -0.138. The number of aliphatic hydroxyl groups excluding tert-OH is 2. The highest BCUT2D eigenvalue weighted by Gasteiger charge is 2.24.